The second-order valence-corrected chi connectivity index (χ2v) is 6.80. The lowest BCUT2D eigenvalue weighted by Crippen LogP contribution is -2.30. The number of carbonyl (C=O) groups excluding carboxylic acids is 3. The van der Waals surface area contributed by atoms with Crippen molar-refractivity contribution in [1.29, 1.82) is 0 Å². The van der Waals surface area contributed by atoms with Gasteiger partial charge in [0.2, 0.25) is 5.76 Å². The number of rotatable bonds is 5. The van der Waals surface area contributed by atoms with Crippen LogP contribution in [0, 0.1) is 6.92 Å². The highest BCUT2D eigenvalue weighted by atomic mass is 35.5. The lowest BCUT2D eigenvalue weighted by molar-refractivity contribution is -0.123. The molecule has 0 radical (unpaired) electrons. The number of nitrogens with one attached hydrogen (secondary N) is 1. The summed E-state index contributed by atoms with van der Waals surface area (Å²) in [6.45, 7) is 4.65. The number of fused-ring (bicyclic) bond motifs is 1. The van der Waals surface area contributed by atoms with Crippen LogP contribution in [0.5, 0.6) is 0 Å². The number of ether oxygens (including phenoxy) is 1. The number of benzene rings is 2. The van der Waals surface area contributed by atoms with Crippen LogP contribution in [0.3, 0.4) is 0 Å². The average Bonchev–Trinajstić information content (AvgIpc) is 2.98. The highest BCUT2D eigenvalue weighted by Gasteiger charge is 2.24. The van der Waals surface area contributed by atoms with Gasteiger partial charge in [0, 0.05) is 27.2 Å². The summed E-state index contributed by atoms with van der Waals surface area (Å²) in [5.41, 5.74) is 2.14. The number of carbonyl (C=O) groups is 3. The first-order valence-electron chi connectivity index (χ1n) is 8.57. The third-order valence-corrected chi connectivity index (χ3v) is 4.53. The van der Waals surface area contributed by atoms with E-state index in [1.165, 1.54) is 13.8 Å². The Hall–Kier alpha value is -3.12. The first-order chi connectivity index (χ1) is 13.3. The number of hydrogen-bond acceptors (Lipinski definition) is 5. The molecule has 0 bridgehead atoms. The van der Waals surface area contributed by atoms with Crippen LogP contribution in [0.2, 0.25) is 5.02 Å². The average molecular weight is 400 g/mol. The Kier molecular flexibility index (Phi) is 5.51. The number of esters is 1. The fraction of sp³-hybridized carbons (Fsp3) is 0.190. The molecule has 0 spiro atoms. The van der Waals surface area contributed by atoms with Crippen LogP contribution >= 0.6 is 11.6 Å². The van der Waals surface area contributed by atoms with Crippen LogP contribution < -0.4 is 5.32 Å². The van der Waals surface area contributed by atoms with Gasteiger partial charge in [-0.1, -0.05) is 11.6 Å². The van der Waals surface area contributed by atoms with Crippen LogP contribution in [-0.4, -0.2) is 23.8 Å². The Labute approximate surface area is 166 Å². The number of anilines is 1. The van der Waals surface area contributed by atoms with Gasteiger partial charge in [-0.2, -0.15) is 0 Å². The molecule has 0 fully saturated rings. The van der Waals surface area contributed by atoms with Crippen molar-refractivity contribution in [3.05, 3.63) is 64.4 Å². The van der Waals surface area contributed by atoms with Gasteiger partial charge in [-0.25, -0.2) is 4.79 Å². The van der Waals surface area contributed by atoms with Gasteiger partial charge < -0.3 is 14.5 Å². The molecule has 3 rings (SSSR count). The molecule has 144 valence electrons. The number of aryl methyl sites for hydroxylation is 1. The maximum absolute atomic E-state index is 12.4. The van der Waals surface area contributed by atoms with Gasteiger partial charge in [0.05, 0.1) is 0 Å². The number of Topliss-reactive ketones (excluding diaryl/α,β-unsaturated/α-hetero) is 1. The monoisotopic (exact) mass is 399 g/mol. The van der Waals surface area contributed by atoms with E-state index in [0.717, 1.165) is 0 Å². The molecule has 1 N–H and O–H groups in total. The van der Waals surface area contributed by atoms with Crippen molar-refractivity contribution < 1.29 is 23.5 Å². The van der Waals surface area contributed by atoms with Crippen molar-refractivity contribution in [2.45, 2.75) is 26.9 Å². The van der Waals surface area contributed by atoms with E-state index < -0.39 is 18.0 Å². The second kappa shape index (κ2) is 7.86. The Morgan fingerprint density at radius 2 is 1.79 bits per heavy atom. The minimum atomic E-state index is -1.05. The molecule has 0 aliphatic heterocycles. The van der Waals surface area contributed by atoms with Gasteiger partial charge in [-0.05, 0) is 63.2 Å². The van der Waals surface area contributed by atoms with Gasteiger partial charge in [0.25, 0.3) is 5.91 Å². The summed E-state index contributed by atoms with van der Waals surface area (Å²) in [4.78, 5) is 36.0. The molecular weight excluding hydrogens is 382 g/mol. The molecule has 0 unspecified atom stereocenters. The van der Waals surface area contributed by atoms with E-state index in [9.17, 15) is 14.4 Å². The highest BCUT2D eigenvalue weighted by Crippen LogP contribution is 2.28. The Bertz CT molecular complexity index is 1070. The molecule has 0 saturated carbocycles. The van der Waals surface area contributed by atoms with Crippen molar-refractivity contribution in [2.75, 3.05) is 5.32 Å². The summed E-state index contributed by atoms with van der Waals surface area (Å²) in [7, 11) is 0. The molecule has 6 nitrogen and oxygen atoms in total. The lowest BCUT2D eigenvalue weighted by atomic mass is 10.1. The first kappa shape index (κ1) is 19.6. The summed E-state index contributed by atoms with van der Waals surface area (Å²) < 4.78 is 10.8. The van der Waals surface area contributed by atoms with Crippen molar-refractivity contribution >= 4 is 45.9 Å². The molecule has 7 heteroatoms. The molecule has 0 saturated heterocycles. The minimum absolute atomic E-state index is 0.0303. The van der Waals surface area contributed by atoms with E-state index >= 15 is 0 Å². The minimum Gasteiger partial charge on any atom is -0.449 e. The van der Waals surface area contributed by atoms with E-state index in [2.05, 4.69) is 5.32 Å². The predicted molar refractivity (Wildman–Crippen MR) is 106 cm³/mol. The third-order valence-electron chi connectivity index (χ3n) is 4.30. The van der Waals surface area contributed by atoms with E-state index in [1.807, 2.05) is 0 Å². The molecule has 1 heterocycles. The van der Waals surface area contributed by atoms with E-state index in [0.29, 0.717) is 32.8 Å². The van der Waals surface area contributed by atoms with Gasteiger partial charge in [-0.15, -0.1) is 0 Å². The molecule has 1 atom stereocenters. The smallest absolute Gasteiger partial charge is 0.375 e. The number of halogens is 1. The molecule has 2 aromatic carbocycles. The Balaban J connectivity index is 1.69. The standard InChI is InChI=1S/C21H18ClNO5/c1-11-17-10-15(22)6-9-18(17)28-19(11)21(26)27-13(3)20(25)23-16-7-4-14(5-8-16)12(2)24/h4-10,13H,1-3H3,(H,23,25)/t13-/m0/s1. The third kappa shape index (κ3) is 4.07. The summed E-state index contributed by atoms with van der Waals surface area (Å²) >= 11 is 5.98. The maximum atomic E-state index is 12.4. The normalized spacial score (nSPS) is 11.9. The zero-order valence-electron chi connectivity index (χ0n) is 15.5. The number of hydrogen-bond donors (Lipinski definition) is 1. The molecule has 28 heavy (non-hydrogen) atoms. The fourth-order valence-corrected chi connectivity index (χ4v) is 2.86. The molecule has 1 amide bonds. The molecule has 3 aromatic rings. The molecule has 1 aromatic heterocycles. The first-order valence-corrected chi connectivity index (χ1v) is 8.95. The van der Waals surface area contributed by atoms with Gasteiger partial charge in [-0.3, -0.25) is 9.59 Å². The second-order valence-electron chi connectivity index (χ2n) is 6.37. The number of ketones is 1. The van der Waals surface area contributed by atoms with Gasteiger partial charge >= 0.3 is 5.97 Å². The number of amides is 1. The summed E-state index contributed by atoms with van der Waals surface area (Å²) in [6.07, 6.45) is -1.05. The van der Waals surface area contributed by atoms with Crippen LogP contribution in [0.25, 0.3) is 11.0 Å². The van der Waals surface area contributed by atoms with Gasteiger partial charge in [0.15, 0.2) is 11.9 Å². The Morgan fingerprint density at radius 3 is 2.43 bits per heavy atom. The molecular formula is C21H18ClNO5. The van der Waals surface area contributed by atoms with Crippen LogP contribution in [0.15, 0.2) is 46.9 Å². The van der Waals surface area contributed by atoms with Crippen molar-refractivity contribution in [3.8, 4) is 0 Å². The van der Waals surface area contributed by atoms with E-state index in [4.69, 9.17) is 20.8 Å². The summed E-state index contributed by atoms with van der Waals surface area (Å²) in [6, 6.07) is 11.5. The van der Waals surface area contributed by atoms with Gasteiger partial charge in [0.1, 0.15) is 5.58 Å². The molecule has 0 aliphatic rings. The van der Waals surface area contributed by atoms with E-state index in [-0.39, 0.29) is 11.5 Å². The summed E-state index contributed by atoms with van der Waals surface area (Å²) in [5.74, 6) is -1.27. The quantitative estimate of drug-likeness (QED) is 0.492. The maximum Gasteiger partial charge on any atom is 0.375 e. The van der Waals surface area contributed by atoms with Crippen LogP contribution in [-0.2, 0) is 9.53 Å². The van der Waals surface area contributed by atoms with Crippen molar-refractivity contribution in [1.82, 2.24) is 0 Å². The Morgan fingerprint density at radius 1 is 1.11 bits per heavy atom. The summed E-state index contributed by atoms with van der Waals surface area (Å²) in [5, 5.41) is 3.88. The lowest BCUT2D eigenvalue weighted by Gasteiger charge is -2.13. The number of furan rings is 1. The predicted octanol–water partition coefficient (Wildman–Crippen LogP) is 4.78. The SMILES string of the molecule is CC(=O)c1ccc(NC(=O)[C@H](C)OC(=O)c2oc3ccc(Cl)cc3c2C)cc1. The van der Waals surface area contributed by atoms with Crippen LogP contribution in [0.4, 0.5) is 5.69 Å². The molecule has 0 aliphatic carbocycles. The van der Waals surface area contributed by atoms with Crippen LogP contribution in [0.1, 0.15) is 40.3 Å². The van der Waals surface area contributed by atoms with E-state index in [1.54, 1.807) is 49.4 Å². The topological polar surface area (TPSA) is 85.6 Å². The largest absolute Gasteiger partial charge is 0.449 e. The zero-order valence-corrected chi connectivity index (χ0v) is 16.3. The van der Waals surface area contributed by atoms with Crippen molar-refractivity contribution in [2.24, 2.45) is 0 Å². The zero-order chi connectivity index (χ0) is 20.4. The van der Waals surface area contributed by atoms with Crippen molar-refractivity contribution in [3.63, 3.8) is 0 Å². The fourth-order valence-electron chi connectivity index (χ4n) is 2.69. The highest BCUT2D eigenvalue weighted by molar-refractivity contribution is 6.31.